The first kappa shape index (κ1) is 13.6. The molecule has 1 aliphatic rings. The van der Waals surface area contributed by atoms with Crippen molar-refractivity contribution in [1.29, 1.82) is 0 Å². The summed E-state index contributed by atoms with van der Waals surface area (Å²) >= 11 is 1.48. The van der Waals surface area contributed by atoms with Crippen LogP contribution in [0, 0.1) is 0 Å². The summed E-state index contributed by atoms with van der Waals surface area (Å²) in [6, 6.07) is 5.31. The van der Waals surface area contributed by atoms with Gasteiger partial charge in [-0.3, -0.25) is 14.5 Å². The number of aliphatic carboxylic acids is 1. The first-order valence-electron chi connectivity index (χ1n) is 5.76. The molecule has 2 amide bonds. The van der Waals surface area contributed by atoms with Gasteiger partial charge in [0.2, 0.25) is 0 Å². The Morgan fingerprint density at radius 1 is 1.26 bits per heavy atom. The zero-order valence-corrected chi connectivity index (χ0v) is 11.1. The van der Waals surface area contributed by atoms with Gasteiger partial charge < -0.3 is 5.11 Å². The minimum atomic E-state index is -1.15. The van der Waals surface area contributed by atoms with Crippen molar-refractivity contribution in [2.45, 2.75) is 12.5 Å². The Morgan fingerprint density at radius 2 is 1.79 bits per heavy atom. The molecule has 1 aromatic carbocycles. The van der Waals surface area contributed by atoms with E-state index < -0.39 is 23.8 Å². The molecule has 1 N–H and O–H groups in total. The lowest BCUT2D eigenvalue weighted by molar-refractivity contribution is -0.141. The lowest BCUT2D eigenvalue weighted by atomic mass is 10.1. The monoisotopic (exact) mass is 279 g/mol. The number of amides is 2. The van der Waals surface area contributed by atoms with Crippen LogP contribution >= 0.6 is 11.8 Å². The number of hydrogen-bond acceptors (Lipinski definition) is 4. The average molecular weight is 279 g/mol. The molecule has 2 rings (SSSR count). The molecule has 0 unspecified atom stereocenters. The molecule has 0 aliphatic carbocycles. The van der Waals surface area contributed by atoms with Crippen LogP contribution in [0.25, 0.3) is 0 Å². The normalized spacial score (nSPS) is 15.5. The van der Waals surface area contributed by atoms with Gasteiger partial charge in [0, 0.05) is 0 Å². The molecule has 1 atom stereocenters. The van der Waals surface area contributed by atoms with E-state index in [1.807, 2.05) is 6.26 Å². The molecule has 0 saturated carbocycles. The van der Waals surface area contributed by atoms with E-state index in [4.69, 9.17) is 0 Å². The van der Waals surface area contributed by atoms with Gasteiger partial charge in [0.1, 0.15) is 6.04 Å². The second kappa shape index (κ2) is 5.44. The zero-order chi connectivity index (χ0) is 14.0. The van der Waals surface area contributed by atoms with Crippen molar-refractivity contribution in [1.82, 2.24) is 4.90 Å². The molecule has 5 nitrogen and oxygen atoms in total. The van der Waals surface area contributed by atoms with Crippen LogP contribution in [0.5, 0.6) is 0 Å². The first-order chi connectivity index (χ1) is 9.07. The number of nitrogens with zero attached hydrogens (tertiary/aromatic N) is 1. The van der Waals surface area contributed by atoms with Gasteiger partial charge in [0.15, 0.2) is 0 Å². The van der Waals surface area contributed by atoms with E-state index in [1.165, 1.54) is 11.8 Å². The number of thioether (sulfide) groups is 1. The molecule has 1 aliphatic heterocycles. The van der Waals surface area contributed by atoms with Crippen LogP contribution in [-0.2, 0) is 4.79 Å². The van der Waals surface area contributed by atoms with E-state index in [2.05, 4.69) is 0 Å². The van der Waals surface area contributed by atoms with Crippen LogP contribution in [0.1, 0.15) is 27.1 Å². The minimum absolute atomic E-state index is 0.252. The Hall–Kier alpha value is -1.82. The number of carbonyl (C=O) groups is 3. The number of carbonyl (C=O) groups excluding carboxylic acids is 2. The standard InChI is InChI=1S/C13H13NO4S/c1-19-7-6-10(13(17)18)14-11(15)8-4-2-3-5-9(8)12(14)16/h2-5,10H,6-7H2,1H3,(H,17,18)/t10-/m1/s1. The van der Waals surface area contributed by atoms with Gasteiger partial charge in [-0.2, -0.15) is 11.8 Å². The third kappa shape index (κ3) is 2.35. The van der Waals surface area contributed by atoms with Crippen molar-refractivity contribution >= 4 is 29.5 Å². The highest BCUT2D eigenvalue weighted by Gasteiger charge is 2.42. The largest absolute Gasteiger partial charge is 0.480 e. The Kier molecular flexibility index (Phi) is 3.90. The maximum absolute atomic E-state index is 12.2. The lowest BCUT2D eigenvalue weighted by Gasteiger charge is -2.22. The van der Waals surface area contributed by atoms with E-state index in [-0.39, 0.29) is 17.5 Å². The lowest BCUT2D eigenvalue weighted by Crippen LogP contribution is -2.45. The van der Waals surface area contributed by atoms with Crippen LogP contribution in [0.3, 0.4) is 0 Å². The van der Waals surface area contributed by atoms with E-state index in [1.54, 1.807) is 24.3 Å². The number of fused-ring (bicyclic) bond motifs is 1. The van der Waals surface area contributed by atoms with Gasteiger partial charge >= 0.3 is 5.97 Å². The van der Waals surface area contributed by atoms with Gasteiger partial charge in [0.05, 0.1) is 11.1 Å². The Balaban J connectivity index is 2.33. The molecular formula is C13H13NO4S. The van der Waals surface area contributed by atoms with Gasteiger partial charge in [-0.15, -0.1) is 0 Å². The van der Waals surface area contributed by atoms with E-state index in [0.29, 0.717) is 5.75 Å². The highest BCUT2D eigenvalue weighted by atomic mass is 32.2. The predicted molar refractivity (Wildman–Crippen MR) is 71.4 cm³/mol. The molecule has 0 saturated heterocycles. The quantitative estimate of drug-likeness (QED) is 0.826. The number of hydrogen-bond donors (Lipinski definition) is 1. The number of carboxylic acid groups (broad SMARTS) is 1. The highest BCUT2D eigenvalue weighted by Crippen LogP contribution is 2.26. The van der Waals surface area contributed by atoms with Crippen LogP contribution in [0.15, 0.2) is 24.3 Å². The summed E-state index contributed by atoms with van der Waals surface area (Å²) in [4.78, 5) is 36.4. The van der Waals surface area contributed by atoms with E-state index in [0.717, 1.165) is 4.90 Å². The molecule has 0 spiro atoms. The second-order valence-corrected chi connectivity index (χ2v) is 5.15. The fourth-order valence-corrected chi connectivity index (χ4v) is 2.54. The van der Waals surface area contributed by atoms with Crippen molar-refractivity contribution in [3.05, 3.63) is 35.4 Å². The summed E-state index contributed by atoms with van der Waals surface area (Å²) in [5.41, 5.74) is 0.561. The average Bonchev–Trinajstić information content (AvgIpc) is 2.64. The third-order valence-corrected chi connectivity index (χ3v) is 3.66. The zero-order valence-electron chi connectivity index (χ0n) is 10.3. The van der Waals surface area contributed by atoms with Crippen molar-refractivity contribution < 1.29 is 19.5 Å². The summed E-state index contributed by atoms with van der Waals surface area (Å²) in [7, 11) is 0. The van der Waals surface area contributed by atoms with Crippen LogP contribution < -0.4 is 0 Å². The molecule has 100 valence electrons. The minimum Gasteiger partial charge on any atom is -0.480 e. The molecule has 6 heteroatoms. The Bertz CT molecular complexity index is 508. The van der Waals surface area contributed by atoms with Crippen LogP contribution in [0.4, 0.5) is 0 Å². The molecule has 1 heterocycles. The predicted octanol–water partition coefficient (Wildman–Crippen LogP) is 1.49. The highest BCUT2D eigenvalue weighted by molar-refractivity contribution is 7.98. The molecule has 0 aromatic heterocycles. The third-order valence-electron chi connectivity index (χ3n) is 3.02. The fraction of sp³-hybridized carbons (Fsp3) is 0.308. The maximum atomic E-state index is 12.2. The van der Waals surface area contributed by atoms with E-state index in [9.17, 15) is 19.5 Å². The van der Waals surface area contributed by atoms with Gasteiger partial charge in [-0.25, -0.2) is 4.79 Å². The second-order valence-electron chi connectivity index (χ2n) is 4.16. The van der Waals surface area contributed by atoms with Crippen LogP contribution in [-0.4, -0.2) is 45.8 Å². The van der Waals surface area contributed by atoms with Crippen molar-refractivity contribution in [2.75, 3.05) is 12.0 Å². The SMILES string of the molecule is CSCC[C@H](C(=O)O)N1C(=O)c2ccccc2C1=O. The summed E-state index contributed by atoms with van der Waals surface area (Å²) < 4.78 is 0. The molecule has 1 aromatic rings. The number of rotatable bonds is 5. The smallest absolute Gasteiger partial charge is 0.326 e. The Morgan fingerprint density at radius 3 is 2.21 bits per heavy atom. The number of imide groups is 1. The summed E-state index contributed by atoms with van der Waals surface area (Å²) in [5.74, 6) is -1.61. The first-order valence-corrected chi connectivity index (χ1v) is 7.16. The van der Waals surface area contributed by atoms with Crippen LogP contribution in [0.2, 0.25) is 0 Å². The van der Waals surface area contributed by atoms with Crippen molar-refractivity contribution in [3.63, 3.8) is 0 Å². The Labute approximate surface area is 114 Å². The summed E-state index contributed by atoms with van der Waals surface area (Å²) in [5, 5.41) is 9.22. The van der Waals surface area contributed by atoms with Crippen molar-refractivity contribution in [2.24, 2.45) is 0 Å². The van der Waals surface area contributed by atoms with Crippen molar-refractivity contribution in [3.8, 4) is 0 Å². The summed E-state index contributed by atoms with van der Waals surface area (Å²) in [6.07, 6.45) is 2.10. The topological polar surface area (TPSA) is 74.7 Å². The van der Waals surface area contributed by atoms with Gasteiger partial charge in [-0.05, 0) is 30.6 Å². The van der Waals surface area contributed by atoms with Gasteiger partial charge in [0.25, 0.3) is 11.8 Å². The maximum Gasteiger partial charge on any atom is 0.326 e. The molecule has 0 fully saturated rings. The number of carboxylic acids is 1. The molecule has 0 radical (unpaired) electrons. The summed E-state index contributed by atoms with van der Waals surface area (Å²) in [6.45, 7) is 0. The number of benzene rings is 1. The molecular weight excluding hydrogens is 266 g/mol. The van der Waals surface area contributed by atoms with Gasteiger partial charge in [-0.1, -0.05) is 12.1 Å². The fourth-order valence-electron chi connectivity index (χ4n) is 2.08. The molecule has 0 bridgehead atoms. The molecule has 19 heavy (non-hydrogen) atoms. The van der Waals surface area contributed by atoms with E-state index >= 15 is 0 Å².